The summed E-state index contributed by atoms with van der Waals surface area (Å²) in [4.78, 5) is 0. The zero-order chi connectivity index (χ0) is 23.7. The predicted octanol–water partition coefficient (Wildman–Crippen LogP) is 9.37. The Balaban J connectivity index is 1.68. The zero-order valence-electron chi connectivity index (χ0n) is 18.2. The summed E-state index contributed by atoms with van der Waals surface area (Å²) in [5.74, 6) is -3.02. The molecule has 3 aromatic carbocycles. The summed E-state index contributed by atoms with van der Waals surface area (Å²) >= 11 is 0. The molecule has 0 amide bonds. The van der Waals surface area contributed by atoms with Crippen LogP contribution in [-0.2, 0) is 0 Å². The smallest absolute Gasteiger partial charge is 0.206 e. The van der Waals surface area contributed by atoms with Crippen molar-refractivity contribution in [1.82, 2.24) is 0 Å². The van der Waals surface area contributed by atoms with E-state index in [2.05, 4.69) is 6.92 Å². The lowest BCUT2D eigenvalue weighted by Gasteiger charge is -2.29. The molecule has 0 N–H and O–H groups in total. The maximum absolute atomic E-state index is 15.0. The Kier molecular flexibility index (Phi) is 6.82. The third kappa shape index (κ3) is 4.80. The van der Waals surface area contributed by atoms with Gasteiger partial charge in [-0.15, -0.1) is 0 Å². The van der Waals surface area contributed by atoms with E-state index >= 15 is 8.78 Å². The van der Waals surface area contributed by atoms with E-state index in [1.165, 1.54) is 36.8 Å². The molecule has 0 atom stereocenters. The van der Waals surface area contributed by atoms with Gasteiger partial charge in [0.25, 0.3) is 6.08 Å². The second-order valence-electron chi connectivity index (χ2n) is 8.82. The Morgan fingerprint density at radius 2 is 1.55 bits per heavy atom. The summed E-state index contributed by atoms with van der Waals surface area (Å²) in [6.45, 7) is 2.16. The fraction of sp³-hybridized carbons (Fsp3) is 0.333. The molecule has 0 heterocycles. The van der Waals surface area contributed by atoms with Crippen molar-refractivity contribution in [3.63, 3.8) is 0 Å². The zero-order valence-corrected chi connectivity index (χ0v) is 18.2. The summed E-state index contributed by atoms with van der Waals surface area (Å²) in [5.41, 5.74) is -0.383. The van der Waals surface area contributed by atoms with Crippen molar-refractivity contribution in [2.75, 3.05) is 0 Å². The highest BCUT2D eigenvalue weighted by molar-refractivity contribution is 5.90. The second-order valence-corrected chi connectivity index (χ2v) is 8.82. The number of halogens is 6. The van der Waals surface area contributed by atoms with Gasteiger partial charge >= 0.3 is 0 Å². The molecule has 3 aromatic rings. The van der Waals surface area contributed by atoms with Crippen LogP contribution in [0, 0.1) is 29.2 Å². The van der Waals surface area contributed by atoms with Crippen molar-refractivity contribution in [2.45, 2.75) is 51.4 Å². The average molecular weight is 462 g/mol. The van der Waals surface area contributed by atoms with Crippen molar-refractivity contribution in [2.24, 2.45) is 5.92 Å². The molecule has 33 heavy (non-hydrogen) atoms. The van der Waals surface area contributed by atoms with Gasteiger partial charge in [0.2, 0.25) is 0 Å². The number of hydrogen-bond acceptors (Lipinski definition) is 0. The van der Waals surface area contributed by atoms with Crippen molar-refractivity contribution in [3.8, 4) is 11.1 Å². The van der Waals surface area contributed by atoms with Gasteiger partial charge in [-0.2, -0.15) is 8.78 Å². The van der Waals surface area contributed by atoms with E-state index in [9.17, 15) is 17.6 Å². The SMILES string of the molecule is CCCC1CCC(c2cc(F)c(-c3ccc4c(F)c(C=C(F)F)c(F)cc4c3)c(F)c2)CC1. The molecule has 1 saturated carbocycles. The quantitative estimate of drug-likeness (QED) is 0.331. The summed E-state index contributed by atoms with van der Waals surface area (Å²) < 4.78 is 83.9. The molecule has 6 heteroatoms. The Labute approximate surface area is 188 Å². The maximum Gasteiger partial charge on any atom is 0.271 e. The Bertz CT molecular complexity index is 1180. The van der Waals surface area contributed by atoms with E-state index in [0.29, 0.717) is 11.5 Å². The highest BCUT2D eigenvalue weighted by Gasteiger charge is 2.24. The summed E-state index contributed by atoms with van der Waals surface area (Å²) in [5, 5.41) is -0.0926. The monoisotopic (exact) mass is 462 g/mol. The van der Waals surface area contributed by atoms with Gasteiger partial charge in [-0.3, -0.25) is 0 Å². The standard InChI is InChI=1S/C27H24F6/c1-2-3-15-4-6-16(7-5-15)18-11-23(29)26(24(30)12-18)17-8-9-20-19(10-17)13-22(28)21(27(20)33)14-25(31)32/h8-16H,2-7H2,1H3. The molecule has 0 spiro atoms. The lowest BCUT2D eigenvalue weighted by atomic mass is 9.77. The highest BCUT2D eigenvalue weighted by atomic mass is 19.3. The van der Waals surface area contributed by atoms with Crippen LogP contribution in [0.4, 0.5) is 26.3 Å². The molecule has 0 nitrogen and oxygen atoms in total. The Morgan fingerprint density at radius 1 is 0.879 bits per heavy atom. The topological polar surface area (TPSA) is 0 Å². The van der Waals surface area contributed by atoms with Crippen LogP contribution in [0.3, 0.4) is 0 Å². The summed E-state index contributed by atoms with van der Waals surface area (Å²) in [6, 6.07) is 7.38. The van der Waals surface area contributed by atoms with Crippen LogP contribution in [0.1, 0.15) is 62.5 Å². The second kappa shape index (κ2) is 9.62. The first-order valence-electron chi connectivity index (χ1n) is 11.2. The van der Waals surface area contributed by atoms with E-state index in [-0.39, 0.29) is 33.9 Å². The van der Waals surface area contributed by atoms with E-state index in [4.69, 9.17) is 0 Å². The van der Waals surface area contributed by atoms with E-state index in [0.717, 1.165) is 38.2 Å². The van der Waals surface area contributed by atoms with Crippen LogP contribution in [0.25, 0.3) is 28.0 Å². The molecule has 1 aliphatic rings. The highest BCUT2D eigenvalue weighted by Crippen LogP contribution is 2.40. The number of benzene rings is 3. The molecular formula is C27H24F6. The van der Waals surface area contributed by atoms with Gasteiger partial charge in [0.1, 0.15) is 23.3 Å². The van der Waals surface area contributed by atoms with Crippen LogP contribution in [0.15, 0.2) is 42.5 Å². The molecule has 0 saturated heterocycles. The van der Waals surface area contributed by atoms with Crippen LogP contribution in [0.2, 0.25) is 0 Å². The van der Waals surface area contributed by atoms with Crippen molar-refractivity contribution in [3.05, 3.63) is 76.9 Å². The lowest BCUT2D eigenvalue weighted by molar-refractivity contribution is 0.307. The van der Waals surface area contributed by atoms with Gasteiger partial charge in [-0.25, -0.2) is 17.6 Å². The van der Waals surface area contributed by atoms with Gasteiger partial charge in [0.15, 0.2) is 0 Å². The van der Waals surface area contributed by atoms with Crippen LogP contribution in [0.5, 0.6) is 0 Å². The molecule has 0 aliphatic heterocycles. The van der Waals surface area contributed by atoms with Crippen LogP contribution < -0.4 is 0 Å². The number of hydrogen-bond donors (Lipinski definition) is 0. The van der Waals surface area contributed by atoms with Gasteiger partial charge in [0, 0.05) is 11.5 Å². The fourth-order valence-corrected chi connectivity index (χ4v) is 5.04. The lowest BCUT2D eigenvalue weighted by Crippen LogP contribution is -2.13. The van der Waals surface area contributed by atoms with Crippen molar-refractivity contribution >= 4 is 16.8 Å². The summed E-state index contributed by atoms with van der Waals surface area (Å²) in [7, 11) is 0. The molecule has 1 fully saturated rings. The van der Waals surface area contributed by atoms with Gasteiger partial charge in [0.05, 0.1) is 11.1 Å². The minimum absolute atomic E-state index is 0.0241. The van der Waals surface area contributed by atoms with Gasteiger partial charge in [-0.05, 0) is 78.3 Å². The van der Waals surface area contributed by atoms with Crippen molar-refractivity contribution < 1.29 is 26.3 Å². The van der Waals surface area contributed by atoms with E-state index in [1.807, 2.05) is 0 Å². The third-order valence-corrected chi connectivity index (χ3v) is 6.69. The molecule has 0 bridgehead atoms. The van der Waals surface area contributed by atoms with Gasteiger partial charge < -0.3 is 0 Å². The molecule has 0 unspecified atom stereocenters. The molecule has 1 aliphatic carbocycles. The first kappa shape index (κ1) is 23.4. The van der Waals surface area contributed by atoms with Crippen molar-refractivity contribution in [1.29, 1.82) is 0 Å². The molecule has 4 rings (SSSR count). The molecular weight excluding hydrogens is 438 g/mol. The number of fused-ring (bicyclic) bond motifs is 1. The maximum atomic E-state index is 15.0. The summed E-state index contributed by atoms with van der Waals surface area (Å²) in [6.07, 6.45) is 4.10. The first-order chi connectivity index (χ1) is 15.8. The minimum atomic E-state index is -2.23. The molecule has 174 valence electrons. The fourth-order valence-electron chi connectivity index (χ4n) is 5.04. The average Bonchev–Trinajstić information content (AvgIpc) is 2.76. The number of rotatable bonds is 5. The third-order valence-electron chi connectivity index (χ3n) is 6.69. The van der Waals surface area contributed by atoms with Crippen LogP contribution in [-0.4, -0.2) is 0 Å². The van der Waals surface area contributed by atoms with E-state index in [1.54, 1.807) is 0 Å². The molecule has 0 radical (unpaired) electrons. The largest absolute Gasteiger partial charge is 0.271 e. The predicted molar refractivity (Wildman–Crippen MR) is 119 cm³/mol. The first-order valence-corrected chi connectivity index (χ1v) is 11.2. The Hall–Kier alpha value is -2.76. The molecule has 0 aromatic heterocycles. The van der Waals surface area contributed by atoms with Gasteiger partial charge in [-0.1, -0.05) is 31.9 Å². The van der Waals surface area contributed by atoms with E-state index < -0.39 is 34.9 Å². The normalized spacial score (nSPS) is 18.5. The Morgan fingerprint density at radius 3 is 2.15 bits per heavy atom. The van der Waals surface area contributed by atoms with Crippen LogP contribution >= 0.6 is 0 Å². The minimum Gasteiger partial charge on any atom is -0.206 e.